The van der Waals surface area contributed by atoms with Gasteiger partial charge in [0.25, 0.3) is 5.91 Å². The molecule has 2 aromatic heterocycles. The first-order valence-corrected chi connectivity index (χ1v) is 11.2. The smallest absolute Gasteiger partial charge is 0.271 e. The summed E-state index contributed by atoms with van der Waals surface area (Å²) in [7, 11) is 3.43. The van der Waals surface area contributed by atoms with Crippen LogP contribution < -0.4 is 9.47 Å². The van der Waals surface area contributed by atoms with Crippen LogP contribution in [0.4, 0.5) is 0 Å². The van der Waals surface area contributed by atoms with Crippen molar-refractivity contribution in [2.24, 2.45) is 13.0 Å². The van der Waals surface area contributed by atoms with Gasteiger partial charge in [-0.1, -0.05) is 0 Å². The van der Waals surface area contributed by atoms with E-state index in [2.05, 4.69) is 15.3 Å². The maximum Gasteiger partial charge on any atom is 0.271 e. The molecular weight excluding hydrogens is 422 g/mol. The highest BCUT2D eigenvalue weighted by molar-refractivity contribution is 6.00. The number of hydrogen-bond acceptors (Lipinski definition) is 6. The van der Waals surface area contributed by atoms with Gasteiger partial charge in [0.05, 0.1) is 24.1 Å². The van der Waals surface area contributed by atoms with E-state index in [0.29, 0.717) is 48.0 Å². The molecule has 0 spiro atoms. The predicted octanol–water partition coefficient (Wildman–Crippen LogP) is 3.01. The molecule has 1 amide bonds. The molecule has 5 rings (SSSR count). The lowest BCUT2D eigenvalue weighted by molar-refractivity contribution is 0.0405. The van der Waals surface area contributed by atoms with Gasteiger partial charge < -0.3 is 14.4 Å². The quantitative estimate of drug-likeness (QED) is 0.657. The number of ether oxygens (including phenoxy) is 2. The average molecular weight is 450 g/mol. The van der Waals surface area contributed by atoms with Crippen molar-refractivity contribution in [3.05, 3.63) is 47.4 Å². The van der Waals surface area contributed by atoms with Crippen molar-refractivity contribution in [3.63, 3.8) is 0 Å². The standard InChI is InChI=1S/C24H27N5O4/c1-14-18(13-28(2)27-14)19-10-20(26-25-19)24(31)29-8-4-5-15(12-29)23-11-21(30)17-9-16(32-3)6-7-22(17)33-23/h6-7,9-10,13,15,23H,4-5,8,11-12H2,1-3H3,(H,25,26). The van der Waals surface area contributed by atoms with E-state index in [0.717, 1.165) is 24.1 Å². The number of likely N-dealkylation sites (tertiary alicyclic amines) is 1. The Hall–Kier alpha value is -3.62. The molecule has 0 aliphatic carbocycles. The number of H-pyrrole nitrogens is 1. The summed E-state index contributed by atoms with van der Waals surface area (Å²) in [6.07, 6.45) is 3.73. The van der Waals surface area contributed by atoms with Crippen molar-refractivity contribution in [2.45, 2.75) is 32.3 Å². The van der Waals surface area contributed by atoms with E-state index in [9.17, 15) is 9.59 Å². The minimum absolute atomic E-state index is 0.0497. The number of rotatable bonds is 4. The van der Waals surface area contributed by atoms with Crippen LogP contribution in [0.3, 0.4) is 0 Å². The summed E-state index contributed by atoms with van der Waals surface area (Å²) in [6, 6.07) is 7.09. The molecule has 2 aliphatic rings. The molecule has 0 bridgehead atoms. The molecule has 1 saturated heterocycles. The van der Waals surface area contributed by atoms with Crippen LogP contribution in [0.15, 0.2) is 30.5 Å². The first-order valence-electron chi connectivity index (χ1n) is 11.2. The van der Waals surface area contributed by atoms with E-state index in [4.69, 9.17) is 9.47 Å². The van der Waals surface area contributed by atoms with Crippen molar-refractivity contribution in [1.29, 1.82) is 0 Å². The molecule has 0 radical (unpaired) electrons. The monoisotopic (exact) mass is 449 g/mol. The number of aromatic nitrogens is 4. The van der Waals surface area contributed by atoms with Gasteiger partial charge >= 0.3 is 0 Å². The Balaban J connectivity index is 1.29. The van der Waals surface area contributed by atoms with Gasteiger partial charge in [0.1, 0.15) is 23.3 Å². The van der Waals surface area contributed by atoms with Crippen LogP contribution >= 0.6 is 0 Å². The first-order chi connectivity index (χ1) is 15.9. The maximum atomic E-state index is 13.2. The minimum Gasteiger partial charge on any atom is -0.497 e. The summed E-state index contributed by atoms with van der Waals surface area (Å²) in [4.78, 5) is 27.8. The summed E-state index contributed by atoms with van der Waals surface area (Å²) < 4.78 is 13.2. The second-order valence-electron chi connectivity index (χ2n) is 8.77. The van der Waals surface area contributed by atoms with Gasteiger partial charge in [0.15, 0.2) is 5.78 Å². The minimum atomic E-state index is -0.246. The van der Waals surface area contributed by atoms with E-state index < -0.39 is 0 Å². The number of benzene rings is 1. The number of hydrogen-bond donors (Lipinski definition) is 1. The summed E-state index contributed by atoms with van der Waals surface area (Å²) in [5.41, 5.74) is 3.47. The Bertz CT molecular complexity index is 1210. The molecule has 9 heteroatoms. The van der Waals surface area contributed by atoms with Crippen molar-refractivity contribution in [2.75, 3.05) is 20.2 Å². The largest absolute Gasteiger partial charge is 0.497 e. The van der Waals surface area contributed by atoms with E-state index >= 15 is 0 Å². The van der Waals surface area contributed by atoms with E-state index in [1.165, 1.54) is 0 Å². The van der Waals surface area contributed by atoms with Crippen LogP contribution in [-0.2, 0) is 7.05 Å². The first kappa shape index (κ1) is 21.2. The van der Waals surface area contributed by atoms with Gasteiger partial charge in [-0.15, -0.1) is 0 Å². The number of piperidine rings is 1. The fraction of sp³-hybridized carbons (Fsp3) is 0.417. The van der Waals surface area contributed by atoms with Gasteiger partial charge in [-0.3, -0.25) is 19.4 Å². The number of aryl methyl sites for hydroxylation is 2. The molecule has 0 saturated carbocycles. The number of carbonyl (C=O) groups is 2. The maximum absolute atomic E-state index is 13.2. The lowest BCUT2D eigenvalue weighted by Crippen LogP contribution is -2.46. The number of nitrogens with one attached hydrogen (secondary N) is 1. The van der Waals surface area contributed by atoms with Crippen LogP contribution in [0.2, 0.25) is 0 Å². The highest BCUT2D eigenvalue weighted by Gasteiger charge is 2.36. The van der Waals surface area contributed by atoms with Crippen LogP contribution in [0.25, 0.3) is 11.3 Å². The molecule has 2 aliphatic heterocycles. The summed E-state index contributed by atoms with van der Waals surface area (Å²) >= 11 is 0. The number of carbonyl (C=O) groups excluding carboxylic acids is 2. The Morgan fingerprint density at radius 3 is 2.88 bits per heavy atom. The van der Waals surface area contributed by atoms with Crippen molar-refractivity contribution >= 4 is 11.7 Å². The number of methoxy groups -OCH3 is 1. The van der Waals surface area contributed by atoms with Crippen LogP contribution in [-0.4, -0.2) is 62.9 Å². The fourth-order valence-electron chi connectivity index (χ4n) is 4.81. The zero-order chi connectivity index (χ0) is 23.1. The van der Waals surface area contributed by atoms with E-state index in [1.807, 2.05) is 25.1 Å². The van der Waals surface area contributed by atoms with Gasteiger partial charge in [-0.25, -0.2) is 0 Å². The molecule has 4 heterocycles. The number of aromatic amines is 1. The highest BCUT2D eigenvalue weighted by atomic mass is 16.5. The molecule has 3 aromatic rings. The molecule has 2 atom stereocenters. The number of ketones is 1. The Morgan fingerprint density at radius 2 is 2.12 bits per heavy atom. The van der Waals surface area contributed by atoms with Gasteiger partial charge in [-0.05, 0) is 44.0 Å². The fourth-order valence-corrected chi connectivity index (χ4v) is 4.81. The molecule has 1 N–H and O–H groups in total. The second kappa shape index (κ2) is 8.38. The van der Waals surface area contributed by atoms with Crippen LogP contribution in [0.5, 0.6) is 11.5 Å². The average Bonchev–Trinajstić information content (AvgIpc) is 3.44. The highest BCUT2D eigenvalue weighted by Crippen LogP contribution is 2.35. The summed E-state index contributed by atoms with van der Waals surface area (Å²) in [5, 5.41) is 11.6. The summed E-state index contributed by atoms with van der Waals surface area (Å²) in [5.74, 6) is 1.27. The third-order valence-electron chi connectivity index (χ3n) is 6.52. The molecule has 1 aromatic carbocycles. The molecule has 172 valence electrons. The SMILES string of the molecule is COc1ccc2c(c1)C(=O)CC(C1CCCN(C(=O)c3cc(-c4cn(C)nc4C)n[nH]3)C1)O2. The number of Topliss-reactive ketones (excluding diaryl/α,β-unsaturated/α-hetero) is 1. The second-order valence-corrected chi connectivity index (χ2v) is 8.77. The van der Waals surface area contributed by atoms with E-state index in [-0.39, 0.29) is 23.7 Å². The molecular formula is C24H27N5O4. The number of nitrogens with zero attached hydrogens (tertiary/aromatic N) is 4. The molecule has 1 fully saturated rings. The van der Waals surface area contributed by atoms with Crippen molar-refractivity contribution < 1.29 is 19.1 Å². The van der Waals surface area contributed by atoms with Gasteiger partial charge in [0, 0.05) is 44.2 Å². The van der Waals surface area contributed by atoms with Crippen LogP contribution in [0, 0.1) is 12.8 Å². The topological polar surface area (TPSA) is 102 Å². The van der Waals surface area contributed by atoms with Crippen molar-refractivity contribution in [1.82, 2.24) is 24.9 Å². The number of amides is 1. The predicted molar refractivity (Wildman–Crippen MR) is 121 cm³/mol. The van der Waals surface area contributed by atoms with Gasteiger partial charge in [0.2, 0.25) is 0 Å². The zero-order valence-electron chi connectivity index (χ0n) is 19.0. The molecule has 2 unspecified atom stereocenters. The lowest BCUT2D eigenvalue weighted by Gasteiger charge is -2.38. The van der Waals surface area contributed by atoms with Crippen LogP contribution in [0.1, 0.15) is 45.8 Å². The van der Waals surface area contributed by atoms with E-state index in [1.54, 1.807) is 36.1 Å². The number of fused-ring (bicyclic) bond motifs is 1. The van der Waals surface area contributed by atoms with Crippen molar-refractivity contribution in [3.8, 4) is 22.8 Å². The zero-order valence-corrected chi connectivity index (χ0v) is 19.0. The normalized spacial score (nSPS) is 20.3. The molecule has 9 nitrogen and oxygen atoms in total. The Morgan fingerprint density at radius 1 is 1.27 bits per heavy atom. The summed E-state index contributed by atoms with van der Waals surface area (Å²) in [6.45, 7) is 3.13. The Labute approximate surface area is 191 Å². The lowest BCUT2D eigenvalue weighted by atomic mass is 9.86. The van der Waals surface area contributed by atoms with Gasteiger partial charge in [-0.2, -0.15) is 10.2 Å². The third-order valence-corrected chi connectivity index (χ3v) is 6.52. The Kier molecular flexibility index (Phi) is 5.39. The third kappa shape index (κ3) is 3.99. The molecule has 33 heavy (non-hydrogen) atoms.